The first kappa shape index (κ1) is 28.8. The molecule has 0 unspecified atom stereocenters. The van der Waals surface area contributed by atoms with Crippen molar-refractivity contribution >= 4 is 80.9 Å². The Bertz CT molecular complexity index is 2870. The molecule has 1 heterocycles. The van der Waals surface area contributed by atoms with Gasteiger partial charge in [0.1, 0.15) is 0 Å². The van der Waals surface area contributed by atoms with E-state index >= 15 is 0 Å². The van der Waals surface area contributed by atoms with E-state index in [-0.39, 0.29) is 0 Å². The van der Waals surface area contributed by atoms with Crippen LogP contribution in [0.1, 0.15) is 0 Å². The first-order chi connectivity index (χ1) is 24.8. The van der Waals surface area contributed by atoms with Crippen LogP contribution in [-0.4, -0.2) is 0 Å². The molecule has 50 heavy (non-hydrogen) atoms. The van der Waals surface area contributed by atoms with Gasteiger partial charge in [-0.2, -0.15) is 0 Å². The Kier molecular flexibility index (Phi) is 6.75. The highest BCUT2D eigenvalue weighted by atomic mass is 32.1. The molecule has 0 aliphatic heterocycles. The van der Waals surface area contributed by atoms with E-state index in [1.807, 2.05) is 11.3 Å². The average molecular weight is 654 g/mol. The minimum absolute atomic E-state index is 1.15. The summed E-state index contributed by atoms with van der Waals surface area (Å²) in [5, 5.41) is 10.1. The van der Waals surface area contributed by atoms with Gasteiger partial charge in [-0.1, -0.05) is 164 Å². The Hall–Kier alpha value is -6.22. The van der Waals surface area contributed by atoms with Gasteiger partial charge in [0.2, 0.25) is 0 Å². The molecule has 0 radical (unpaired) electrons. The predicted molar refractivity (Wildman–Crippen MR) is 217 cm³/mol. The zero-order chi connectivity index (χ0) is 33.0. The molecular weight excluding hydrogens is 623 g/mol. The Morgan fingerprint density at radius 1 is 0.320 bits per heavy atom. The molecule has 1 aromatic heterocycles. The number of hydrogen-bond donors (Lipinski definition) is 0. The SMILES string of the molecule is c1ccc(-c2cccc3cccc(-c4ccccc4N(c4cccc5ccccc45)c4cccc5c4sc4ccc6ccccc6c45)c23)cc1. The summed E-state index contributed by atoms with van der Waals surface area (Å²) < 4.78 is 2.59. The monoisotopic (exact) mass is 653 g/mol. The van der Waals surface area contributed by atoms with Crippen LogP contribution in [0.5, 0.6) is 0 Å². The number of para-hydroxylation sites is 1. The molecule has 9 aromatic carbocycles. The van der Waals surface area contributed by atoms with Crippen molar-refractivity contribution in [1.82, 2.24) is 0 Å². The minimum Gasteiger partial charge on any atom is -0.308 e. The summed E-state index contributed by atoms with van der Waals surface area (Å²) in [7, 11) is 0. The van der Waals surface area contributed by atoms with Gasteiger partial charge >= 0.3 is 0 Å². The Morgan fingerprint density at radius 2 is 0.880 bits per heavy atom. The topological polar surface area (TPSA) is 3.24 Å². The number of rotatable bonds is 5. The van der Waals surface area contributed by atoms with E-state index < -0.39 is 0 Å². The second-order valence-electron chi connectivity index (χ2n) is 12.8. The lowest BCUT2D eigenvalue weighted by molar-refractivity contribution is 1.32. The van der Waals surface area contributed by atoms with Crippen LogP contribution in [0.4, 0.5) is 17.1 Å². The quantitative estimate of drug-likeness (QED) is 0.179. The summed E-state index contributed by atoms with van der Waals surface area (Å²) in [6.45, 7) is 0. The van der Waals surface area contributed by atoms with Crippen LogP contribution in [0, 0.1) is 0 Å². The number of thiophene rings is 1. The van der Waals surface area contributed by atoms with Crippen molar-refractivity contribution in [3.8, 4) is 22.3 Å². The summed E-state index contributed by atoms with van der Waals surface area (Å²) in [5.74, 6) is 0. The molecule has 10 aromatic rings. The van der Waals surface area contributed by atoms with Gasteiger partial charge in [0, 0.05) is 26.4 Å². The van der Waals surface area contributed by atoms with Crippen molar-refractivity contribution in [3.63, 3.8) is 0 Å². The highest BCUT2D eigenvalue weighted by Gasteiger charge is 2.23. The van der Waals surface area contributed by atoms with Crippen molar-refractivity contribution in [2.75, 3.05) is 4.90 Å². The van der Waals surface area contributed by atoms with Gasteiger partial charge in [0.05, 0.1) is 21.8 Å². The molecule has 1 nitrogen and oxygen atoms in total. The van der Waals surface area contributed by atoms with Crippen LogP contribution in [0.3, 0.4) is 0 Å². The van der Waals surface area contributed by atoms with Crippen LogP contribution in [0.2, 0.25) is 0 Å². The van der Waals surface area contributed by atoms with Crippen molar-refractivity contribution in [3.05, 3.63) is 188 Å². The van der Waals surface area contributed by atoms with E-state index in [1.54, 1.807) is 0 Å². The molecule has 0 spiro atoms. The second kappa shape index (κ2) is 11.7. The van der Waals surface area contributed by atoms with Crippen molar-refractivity contribution in [1.29, 1.82) is 0 Å². The zero-order valence-corrected chi connectivity index (χ0v) is 28.1. The largest absolute Gasteiger partial charge is 0.308 e. The number of fused-ring (bicyclic) bond motifs is 7. The summed E-state index contributed by atoms with van der Waals surface area (Å²) >= 11 is 1.89. The number of hydrogen-bond acceptors (Lipinski definition) is 2. The van der Waals surface area contributed by atoms with E-state index in [9.17, 15) is 0 Å². The molecule has 0 saturated heterocycles. The fraction of sp³-hybridized carbons (Fsp3) is 0. The lowest BCUT2D eigenvalue weighted by Crippen LogP contribution is -2.12. The van der Waals surface area contributed by atoms with Gasteiger partial charge in [-0.05, 0) is 67.9 Å². The Labute approximate surface area is 294 Å². The highest BCUT2D eigenvalue weighted by Crippen LogP contribution is 2.50. The molecule has 0 fully saturated rings. The average Bonchev–Trinajstić information content (AvgIpc) is 3.58. The summed E-state index contributed by atoms with van der Waals surface area (Å²) in [6.07, 6.45) is 0. The van der Waals surface area contributed by atoms with Crippen molar-refractivity contribution < 1.29 is 0 Å². The zero-order valence-electron chi connectivity index (χ0n) is 27.3. The van der Waals surface area contributed by atoms with E-state index in [4.69, 9.17) is 0 Å². The molecule has 2 heteroatoms. The fourth-order valence-corrected chi connectivity index (χ4v) is 9.06. The second-order valence-corrected chi connectivity index (χ2v) is 13.9. The lowest BCUT2D eigenvalue weighted by atomic mass is 9.90. The van der Waals surface area contributed by atoms with Crippen molar-refractivity contribution in [2.24, 2.45) is 0 Å². The maximum absolute atomic E-state index is 2.52. The standard InChI is InChI=1S/C48H31NS/c1-2-14-33(15-3-1)37-24-10-19-35-20-11-25-40(46(35)37)39-23-8-9-27-43(39)49(42-28-12-18-32-16-4-6-21-36(32)42)44-29-13-26-41-47-38-22-7-5-17-34(38)30-31-45(47)50-48(41)44/h1-31H. The molecule has 0 aliphatic rings. The number of benzene rings is 9. The molecule has 0 saturated carbocycles. The van der Waals surface area contributed by atoms with Gasteiger partial charge < -0.3 is 4.90 Å². The molecule has 0 amide bonds. The third kappa shape index (κ3) is 4.53. The van der Waals surface area contributed by atoms with E-state index in [0.29, 0.717) is 0 Å². The molecule has 0 N–H and O–H groups in total. The first-order valence-electron chi connectivity index (χ1n) is 17.1. The highest BCUT2D eigenvalue weighted by molar-refractivity contribution is 7.26. The van der Waals surface area contributed by atoms with Gasteiger partial charge in [-0.3, -0.25) is 0 Å². The normalized spacial score (nSPS) is 11.6. The fourth-order valence-electron chi connectivity index (χ4n) is 7.84. The van der Waals surface area contributed by atoms with E-state index in [2.05, 4.69) is 193 Å². The third-order valence-corrected chi connectivity index (χ3v) is 11.2. The maximum atomic E-state index is 2.52. The molecule has 0 aliphatic carbocycles. The summed E-state index contributed by atoms with van der Waals surface area (Å²) in [5.41, 5.74) is 8.36. The van der Waals surface area contributed by atoms with E-state index in [0.717, 1.165) is 11.4 Å². The van der Waals surface area contributed by atoms with Crippen LogP contribution < -0.4 is 4.90 Å². The number of anilines is 3. The lowest BCUT2D eigenvalue weighted by Gasteiger charge is -2.30. The van der Waals surface area contributed by atoms with Gasteiger partial charge in [0.15, 0.2) is 0 Å². The first-order valence-corrected chi connectivity index (χ1v) is 17.9. The van der Waals surface area contributed by atoms with Crippen LogP contribution in [0.15, 0.2) is 188 Å². The maximum Gasteiger partial charge on any atom is 0.0640 e. The van der Waals surface area contributed by atoms with Crippen molar-refractivity contribution in [2.45, 2.75) is 0 Å². The summed E-state index contributed by atoms with van der Waals surface area (Å²) in [6, 6.07) is 68.7. The molecule has 10 rings (SSSR count). The molecule has 0 bridgehead atoms. The molecule has 0 atom stereocenters. The molecule has 234 valence electrons. The smallest absolute Gasteiger partial charge is 0.0640 e. The van der Waals surface area contributed by atoms with Gasteiger partial charge in [-0.15, -0.1) is 11.3 Å². The summed E-state index contributed by atoms with van der Waals surface area (Å²) in [4.78, 5) is 2.52. The molecular formula is C48H31NS. The Balaban J connectivity index is 1.31. The van der Waals surface area contributed by atoms with Crippen LogP contribution in [-0.2, 0) is 0 Å². The minimum atomic E-state index is 1.15. The van der Waals surface area contributed by atoms with Gasteiger partial charge in [-0.25, -0.2) is 0 Å². The third-order valence-electron chi connectivity index (χ3n) is 10.0. The predicted octanol–water partition coefficient (Wildman–Crippen LogP) is 14.3. The van der Waals surface area contributed by atoms with Crippen LogP contribution in [0.25, 0.3) is 74.7 Å². The van der Waals surface area contributed by atoms with E-state index in [1.165, 1.54) is 80.4 Å². The van der Waals surface area contributed by atoms with Gasteiger partial charge in [0.25, 0.3) is 0 Å². The number of nitrogens with zero attached hydrogens (tertiary/aromatic N) is 1. The van der Waals surface area contributed by atoms with Crippen LogP contribution >= 0.6 is 11.3 Å². The Morgan fingerprint density at radius 3 is 1.74 bits per heavy atom.